The first-order chi connectivity index (χ1) is 9.03. The molecule has 2 N–H and O–H groups in total. The summed E-state index contributed by atoms with van der Waals surface area (Å²) in [6, 6.07) is 15.6. The van der Waals surface area contributed by atoms with E-state index >= 15 is 0 Å². The lowest BCUT2D eigenvalue weighted by Crippen LogP contribution is -2.35. The third kappa shape index (κ3) is 3.28. The Bertz CT molecular complexity index is 553. The van der Waals surface area contributed by atoms with Crippen LogP contribution in [0, 0.1) is 6.92 Å². The second kappa shape index (κ2) is 5.64. The first-order valence-electron chi connectivity index (χ1n) is 6.25. The van der Waals surface area contributed by atoms with Gasteiger partial charge in [0, 0.05) is 10.7 Å². The van der Waals surface area contributed by atoms with Crippen molar-refractivity contribution in [2.75, 3.05) is 11.9 Å². The van der Waals surface area contributed by atoms with Gasteiger partial charge in [-0.05, 0) is 49.2 Å². The lowest BCUT2D eigenvalue weighted by atomic mass is 9.92. The number of hydrogen-bond acceptors (Lipinski definition) is 2. The number of aryl methyl sites for hydroxylation is 1. The highest BCUT2D eigenvalue weighted by atomic mass is 35.5. The lowest BCUT2D eigenvalue weighted by Gasteiger charge is -2.30. The van der Waals surface area contributed by atoms with E-state index in [4.69, 9.17) is 11.6 Å². The third-order valence-electron chi connectivity index (χ3n) is 3.24. The highest BCUT2D eigenvalue weighted by Crippen LogP contribution is 2.27. The molecule has 0 aromatic heterocycles. The Labute approximate surface area is 119 Å². The van der Waals surface area contributed by atoms with E-state index in [0.717, 1.165) is 11.3 Å². The first-order valence-corrected chi connectivity index (χ1v) is 6.63. The fourth-order valence-corrected chi connectivity index (χ4v) is 2.19. The molecule has 0 bridgehead atoms. The van der Waals surface area contributed by atoms with Crippen molar-refractivity contribution in [3.63, 3.8) is 0 Å². The topological polar surface area (TPSA) is 32.3 Å². The van der Waals surface area contributed by atoms with Crippen LogP contribution in [-0.2, 0) is 5.54 Å². The summed E-state index contributed by atoms with van der Waals surface area (Å²) in [4.78, 5) is 0. The summed E-state index contributed by atoms with van der Waals surface area (Å²) in [5.41, 5.74) is 2.65. The first kappa shape index (κ1) is 13.9. The number of anilines is 1. The monoisotopic (exact) mass is 275 g/mol. The summed E-state index contributed by atoms with van der Waals surface area (Å²) < 4.78 is 0. The SMILES string of the molecule is Cc1cccc(NC(C)(CO)c2ccc(Cl)cc2)c1. The molecule has 0 aliphatic carbocycles. The second-order valence-electron chi connectivity index (χ2n) is 4.99. The Balaban J connectivity index is 2.29. The minimum Gasteiger partial charge on any atom is -0.394 e. The van der Waals surface area contributed by atoms with E-state index in [1.54, 1.807) is 0 Å². The van der Waals surface area contributed by atoms with Gasteiger partial charge in [0.1, 0.15) is 0 Å². The van der Waals surface area contributed by atoms with Gasteiger partial charge < -0.3 is 10.4 Å². The molecule has 0 aliphatic rings. The number of halogens is 1. The van der Waals surface area contributed by atoms with Gasteiger partial charge in [0.15, 0.2) is 0 Å². The highest BCUT2D eigenvalue weighted by molar-refractivity contribution is 6.30. The number of aliphatic hydroxyl groups excluding tert-OH is 1. The Morgan fingerprint density at radius 1 is 1.16 bits per heavy atom. The molecule has 0 fully saturated rings. The fourth-order valence-electron chi connectivity index (χ4n) is 2.06. The number of aliphatic hydroxyl groups is 1. The van der Waals surface area contributed by atoms with Crippen molar-refractivity contribution in [1.29, 1.82) is 0 Å². The summed E-state index contributed by atoms with van der Waals surface area (Å²) in [6.45, 7) is 4.02. The summed E-state index contributed by atoms with van der Waals surface area (Å²) in [5, 5.41) is 13.8. The Hall–Kier alpha value is -1.51. The van der Waals surface area contributed by atoms with Gasteiger partial charge in [0.25, 0.3) is 0 Å². The largest absolute Gasteiger partial charge is 0.394 e. The van der Waals surface area contributed by atoms with Gasteiger partial charge in [-0.25, -0.2) is 0 Å². The van der Waals surface area contributed by atoms with Crippen molar-refractivity contribution in [2.24, 2.45) is 0 Å². The van der Waals surface area contributed by atoms with Crippen molar-refractivity contribution < 1.29 is 5.11 Å². The normalized spacial score (nSPS) is 13.9. The van der Waals surface area contributed by atoms with Gasteiger partial charge in [0.05, 0.1) is 12.1 Å². The summed E-state index contributed by atoms with van der Waals surface area (Å²) in [6.07, 6.45) is 0. The lowest BCUT2D eigenvalue weighted by molar-refractivity contribution is 0.224. The number of hydrogen-bond donors (Lipinski definition) is 2. The molecule has 0 saturated heterocycles. The van der Waals surface area contributed by atoms with E-state index in [-0.39, 0.29) is 6.61 Å². The predicted octanol–water partition coefficient (Wildman–Crippen LogP) is 3.97. The molecule has 0 heterocycles. The van der Waals surface area contributed by atoms with E-state index in [2.05, 4.69) is 11.4 Å². The quantitative estimate of drug-likeness (QED) is 0.885. The molecule has 2 rings (SSSR count). The van der Waals surface area contributed by atoms with Crippen molar-refractivity contribution in [1.82, 2.24) is 0 Å². The maximum atomic E-state index is 9.74. The standard InChI is InChI=1S/C16H18ClNO/c1-12-4-3-5-15(10-12)18-16(2,11-19)13-6-8-14(17)9-7-13/h3-10,18-19H,11H2,1-2H3. The van der Waals surface area contributed by atoms with Gasteiger partial charge in [0.2, 0.25) is 0 Å². The van der Waals surface area contributed by atoms with Crippen LogP contribution in [0.15, 0.2) is 48.5 Å². The van der Waals surface area contributed by atoms with Crippen LogP contribution in [-0.4, -0.2) is 11.7 Å². The molecule has 100 valence electrons. The molecule has 0 radical (unpaired) electrons. The van der Waals surface area contributed by atoms with Crippen LogP contribution in [0.2, 0.25) is 5.02 Å². The molecule has 2 aromatic rings. The van der Waals surface area contributed by atoms with E-state index in [9.17, 15) is 5.11 Å². The Morgan fingerprint density at radius 3 is 2.42 bits per heavy atom. The predicted molar refractivity (Wildman–Crippen MR) is 80.7 cm³/mol. The summed E-state index contributed by atoms with van der Waals surface area (Å²) in [5.74, 6) is 0. The molecule has 2 nitrogen and oxygen atoms in total. The zero-order chi connectivity index (χ0) is 13.9. The van der Waals surface area contributed by atoms with Crippen LogP contribution < -0.4 is 5.32 Å². The Kier molecular flexibility index (Phi) is 4.13. The van der Waals surface area contributed by atoms with Crippen LogP contribution in [0.25, 0.3) is 0 Å². The molecule has 0 amide bonds. The smallest absolute Gasteiger partial charge is 0.0828 e. The van der Waals surface area contributed by atoms with Gasteiger partial charge in [-0.2, -0.15) is 0 Å². The van der Waals surface area contributed by atoms with E-state index < -0.39 is 5.54 Å². The molecular weight excluding hydrogens is 258 g/mol. The average Bonchev–Trinajstić information content (AvgIpc) is 2.39. The molecule has 2 aromatic carbocycles. The minimum absolute atomic E-state index is 0.00255. The zero-order valence-electron chi connectivity index (χ0n) is 11.2. The average molecular weight is 276 g/mol. The molecule has 19 heavy (non-hydrogen) atoms. The maximum Gasteiger partial charge on any atom is 0.0828 e. The van der Waals surface area contributed by atoms with Crippen molar-refractivity contribution >= 4 is 17.3 Å². The highest BCUT2D eigenvalue weighted by Gasteiger charge is 2.25. The molecule has 0 saturated carbocycles. The van der Waals surface area contributed by atoms with Crippen LogP contribution >= 0.6 is 11.6 Å². The van der Waals surface area contributed by atoms with Crippen LogP contribution in [0.1, 0.15) is 18.1 Å². The number of rotatable bonds is 4. The van der Waals surface area contributed by atoms with E-state index in [0.29, 0.717) is 5.02 Å². The summed E-state index contributed by atoms with van der Waals surface area (Å²) in [7, 11) is 0. The summed E-state index contributed by atoms with van der Waals surface area (Å²) >= 11 is 5.90. The maximum absolute atomic E-state index is 9.74. The van der Waals surface area contributed by atoms with Crippen LogP contribution in [0.4, 0.5) is 5.69 Å². The molecule has 0 spiro atoms. The zero-order valence-corrected chi connectivity index (χ0v) is 11.9. The second-order valence-corrected chi connectivity index (χ2v) is 5.43. The van der Waals surface area contributed by atoms with Gasteiger partial charge in [-0.3, -0.25) is 0 Å². The number of nitrogens with one attached hydrogen (secondary N) is 1. The van der Waals surface area contributed by atoms with Crippen LogP contribution in [0.5, 0.6) is 0 Å². The van der Waals surface area contributed by atoms with Gasteiger partial charge in [-0.15, -0.1) is 0 Å². The molecule has 0 aliphatic heterocycles. The van der Waals surface area contributed by atoms with Gasteiger partial charge >= 0.3 is 0 Å². The molecular formula is C16H18ClNO. The van der Waals surface area contributed by atoms with Crippen molar-refractivity contribution in [3.05, 3.63) is 64.7 Å². The Morgan fingerprint density at radius 2 is 1.84 bits per heavy atom. The van der Waals surface area contributed by atoms with Gasteiger partial charge in [-0.1, -0.05) is 35.9 Å². The van der Waals surface area contributed by atoms with E-state index in [1.165, 1.54) is 5.56 Å². The number of benzene rings is 2. The van der Waals surface area contributed by atoms with E-state index in [1.807, 2.05) is 56.3 Å². The fraction of sp³-hybridized carbons (Fsp3) is 0.250. The van der Waals surface area contributed by atoms with Crippen LogP contribution in [0.3, 0.4) is 0 Å². The molecule has 3 heteroatoms. The molecule has 1 unspecified atom stereocenters. The third-order valence-corrected chi connectivity index (χ3v) is 3.49. The van der Waals surface area contributed by atoms with Crippen molar-refractivity contribution in [3.8, 4) is 0 Å². The minimum atomic E-state index is -0.529. The van der Waals surface area contributed by atoms with Crippen molar-refractivity contribution in [2.45, 2.75) is 19.4 Å². The molecule has 1 atom stereocenters.